The summed E-state index contributed by atoms with van der Waals surface area (Å²) >= 11 is 5.87. The van der Waals surface area contributed by atoms with Gasteiger partial charge in [-0.2, -0.15) is 0 Å². The van der Waals surface area contributed by atoms with E-state index in [1.807, 2.05) is 0 Å². The van der Waals surface area contributed by atoms with Gasteiger partial charge in [0.15, 0.2) is 0 Å². The summed E-state index contributed by atoms with van der Waals surface area (Å²) in [7, 11) is 0. The molecule has 1 unspecified atom stereocenters. The maximum absolute atomic E-state index is 5.87. The third-order valence-corrected chi connectivity index (χ3v) is 4.84. The molecule has 0 aliphatic carbocycles. The van der Waals surface area contributed by atoms with Gasteiger partial charge >= 0.3 is 0 Å². The first-order chi connectivity index (χ1) is 11.4. The summed E-state index contributed by atoms with van der Waals surface area (Å²) in [4.78, 5) is 2.61. The lowest BCUT2D eigenvalue weighted by molar-refractivity contribution is 0.159. The van der Waals surface area contributed by atoms with E-state index in [-0.39, 0.29) is 0 Å². The predicted octanol–water partition coefficient (Wildman–Crippen LogP) is 4.07. The second kappa shape index (κ2) is 8.49. The van der Waals surface area contributed by atoms with Crippen LogP contribution in [-0.2, 0) is 0 Å². The predicted molar refractivity (Wildman–Crippen MR) is 98.0 cm³/mol. The Morgan fingerprint density at radius 2 is 1.61 bits per heavy atom. The first-order valence-corrected chi connectivity index (χ1v) is 9.05. The van der Waals surface area contributed by atoms with Crippen molar-refractivity contribution < 1.29 is 0 Å². The fraction of sp³-hybridized carbons (Fsp3) is 0.400. The lowest BCUT2D eigenvalue weighted by Gasteiger charge is -2.39. The number of halogens is 1. The smallest absolute Gasteiger partial charge is 0.0602 e. The third kappa shape index (κ3) is 4.35. The van der Waals surface area contributed by atoms with Crippen molar-refractivity contribution in [2.45, 2.75) is 24.9 Å². The van der Waals surface area contributed by atoms with Gasteiger partial charge in [0, 0.05) is 31.6 Å². The number of nitrogens with one attached hydrogen (secondary N) is 1. The van der Waals surface area contributed by atoms with E-state index < -0.39 is 0 Å². The van der Waals surface area contributed by atoms with E-state index in [4.69, 9.17) is 11.6 Å². The maximum atomic E-state index is 5.87. The van der Waals surface area contributed by atoms with Gasteiger partial charge in [0.25, 0.3) is 0 Å². The largest absolute Gasteiger partial charge is 0.311 e. The van der Waals surface area contributed by atoms with Crippen LogP contribution >= 0.6 is 11.6 Å². The molecule has 1 fully saturated rings. The standard InChI is InChI=1S/C20H25ClN2/c21-13-7-12-19-16-23(15-14-22-19)20(17-8-3-1-4-9-17)18-10-5-2-6-11-18/h1-6,8-11,19-20,22H,7,12-16H2. The van der Waals surface area contributed by atoms with Gasteiger partial charge in [0.2, 0.25) is 0 Å². The Morgan fingerprint density at radius 3 is 2.17 bits per heavy atom. The minimum absolute atomic E-state index is 0.331. The Balaban J connectivity index is 1.83. The number of nitrogens with zero attached hydrogens (tertiary/aromatic N) is 1. The topological polar surface area (TPSA) is 15.3 Å². The molecule has 2 aromatic carbocycles. The Morgan fingerprint density at radius 1 is 1.00 bits per heavy atom. The van der Waals surface area contributed by atoms with Gasteiger partial charge in [0.1, 0.15) is 0 Å². The summed E-state index contributed by atoms with van der Waals surface area (Å²) in [6.07, 6.45) is 2.23. The van der Waals surface area contributed by atoms with E-state index in [1.165, 1.54) is 11.1 Å². The van der Waals surface area contributed by atoms with Gasteiger partial charge in [0.05, 0.1) is 6.04 Å². The molecule has 1 saturated heterocycles. The normalized spacial score (nSPS) is 19.1. The molecule has 0 radical (unpaired) electrons. The Bertz CT molecular complexity index is 533. The zero-order valence-electron chi connectivity index (χ0n) is 13.5. The highest BCUT2D eigenvalue weighted by Gasteiger charge is 2.27. The van der Waals surface area contributed by atoms with Gasteiger partial charge in [-0.1, -0.05) is 60.7 Å². The van der Waals surface area contributed by atoms with Crippen LogP contribution in [0.5, 0.6) is 0 Å². The summed E-state index contributed by atoms with van der Waals surface area (Å²) in [5, 5.41) is 3.64. The molecule has 2 aromatic rings. The molecule has 122 valence electrons. The number of rotatable bonds is 6. The second-order valence-corrected chi connectivity index (χ2v) is 6.58. The molecule has 2 nitrogen and oxygen atoms in total. The average Bonchev–Trinajstić information content (AvgIpc) is 2.62. The van der Waals surface area contributed by atoms with Crippen molar-refractivity contribution in [3.05, 3.63) is 71.8 Å². The Hall–Kier alpha value is -1.35. The molecule has 1 aliphatic heterocycles. The van der Waals surface area contributed by atoms with E-state index >= 15 is 0 Å². The van der Waals surface area contributed by atoms with Crippen LogP contribution in [0.1, 0.15) is 30.0 Å². The highest BCUT2D eigenvalue weighted by atomic mass is 35.5. The number of hydrogen-bond donors (Lipinski definition) is 1. The molecule has 1 heterocycles. The maximum Gasteiger partial charge on any atom is 0.0602 e. The van der Waals surface area contributed by atoms with Crippen molar-refractivity contribution in [2.75, 3.05) is 25.5 Å². The molecule has 3 rings (SSSR count). The fourth-order valence-electron chi connectivity index (χ4n) is 3.49. The van der Waals surface area contributed by atoms with Gasteiger partial charge < -0.3 is 5.32 Å². The van der Waals surface area contributed by atoms with Crippen molar-refractivity contribution in [1.82, 2.24) is 10.2 Å². The van der Waals surface area contributed by atoms with Crippen molar-refractivity contribution in [1.29, 1.82) is 0 Å². The number of piperazine rings is 1. The lowest BCUT2D eigenvalue weighted by atomic mass is 9.95. The SMILES string of the molecule is ClCCCC1CN(C(c2ccccc2)c2ccccc2)CCN1. The molecule has 3 heteroatoms. The minimum Gasteiger partial charge on any atom is -0.311 e. The first kappa shape index (κ1) is 16.5. The molecular formula is C20H25ClN2. The number of hydrogen-bond acceptors (Lipinski definition) is 2. The molecule has 0 bridgehead atoms. The number of benzene rings is 2. The van der Waals surface area contributed by atoms with Crippen molar-refractivity contribution in [2.24, 2.45) is 0 Å². The quantitative estimate of drug-likeness (QED) is 0.804. The summed E-state index contributed by atoms with van der Waals surface area (Å²) < 4.78 is 0. The highest BCUT2D eigenvalue weighted by molar-refractivity contribution is 6.17. The summed E-state index contributed by atoms with van der Waals surface area (Å²) in [6, 6.07) is 22.6. The molecule has 23 heavy (non-hydrogen) atoms. The van der Waals surface area contributed by atoms with Crippen molar-refractivity contribution in [3.63, 3.8) is 0 Å². The molecule has 0 amide bonds. The van der Waals surface area contributed by atoms with E-state index in [1.54, 1.807) is 0 Å². The third-order valence-electron chi connectivity index (χ3n) is 4.57. The number of alkyl halides is 1. The Kier molecular flexibility index (Phi) is 6.09. The van der Waals surface area contributed by atoms with Crippen molar-refractivity contribution >= 4 is 11.6 Å². The van der Waals surface area contributed by atoms with Gasteiger partial charge in [-0.05, 0) is 24.0 Å². The molecule has 0 aromatic heterocycles. The van der Waals surface area contributed by atoms with E-state index in [2.05, 4.69) is 70.9 Å². The van der Waals surface area contributed by atoms with Crippen LogP contribution < -0.4 is 5.32 Å². The average molecular weight is 329 g/mol. The second-order valence-electron chi connectivity index (χ2n) is 6.20. The van der Waals surface area contributed by atoms with Gasteiger partial charge in [-0.15, -0.1) is 11.6 Å². The van der Waals surface area contributed by atoms with Crippen LogP contribution in [0.15, 0.2) is 60.7 Å². The molecule has 1 atom stereocenters. The van der Waals surface area contributed by atoms with Crippen LogP contribution in [-0.4, -0.2) is 36.5 Å². The highest BCUT2D eigenvalue weighted by Crippen LogP contribution is 2.29. The van der Waals surface area contributed by atoms with Gasteiger partial charge in [-0.25, -0.2) is 0 Å². The molecule has 0 spiro atoms. The molecule has 1 aliphatic rings. The first-order valence-electron chi connectivity index (χ1n) is 8.52. The zero-order valence-corrected chi connectivity index (χ0v) is 14.3. The molecule has 0 saturated carbocycles. The van der Waals surface area contributed by atoms with Crippen LogP contribution in [0, 0.1) is 0 Å². The van der Waals surface area contributed by atoms with E-state index in [0.29, 0.717) is 12.1 Å². The summed E-state index contributed by atoms with van der Waals surface area (Å²) in [5.74, 6) is 0.749. The van der Waals surface area contributed by atoms with E-state index in [0.717, 1.165) is 38.4 Å². The molecular weight excluding hydrogens is 304 g/mol. The van der Waals surface area contributed by atoms with Crippen LogP contribution in [0.4, 0.5) is 0 Å². The summed E-state index contributed by atoms with van der Waals surface area (Å²) in [5.41, 5.74) is 2.74. The van der Waals surface area contributed by atoms with Crippen molar-refractivity contribution in [3.8, 4) is 0 Å². The fourth-order valence-corrected chi connectivity index (χ4v) is 3.64. The monoisotopic (exact) mass is 328 g/mol. The minimum atomic E-state index is 0.331. The summed E-state index contributed by atoms with van der Waals surface area (Å²) in [6.45, 7) is 3.19. The van der Waals surface area contributed by atoms with Crippen LogP contribution in [0.2, 0.25) is 0 Å². The molecule has 1 N–H and O–H groups in total. The Labute approximate surface area is 144 Å². The van der Waals surface area contributed by atoms with Crippen LogP contribution in [0.3, 0.4) is 0 Å². The van der Waals surface area contributed by atoms with Crippen LogP contribution in [0.25, 0.3) is 0 Å². The van der Waals surface area contributed by atoms with E-state index in [9.17, 15) is 0 Å². The zero-order chi connectivity index (χ0) is 15.9. The van der Waals surface area contributed by atoms with Gasteiger partial charge in [-0.3, -0.25) is 4.90 Å². The lowest BCUT2D eigenvalue weighted by Crippen LogP contribution is -2.51.